The predicted molar refractivity (Wildman–Crippen MR) is 72.8 cm³/mol. The standard InChI is InChI=1S/C16H20O2/c1-5-6-11-9-12-10-13(16(2,3)4)7-8-14(12)18-15(11)17/h5,7-8,10-11H,1,6,9H2,2-4H3. The first-order valence-corrected chi connectivity index (χ1v) is 6.38. The molecule has 18 heavy (non-hydrogen) atoms. The van der Waals surface area contributed by atoms with Crippen molar-refractivity contribution in [3.05, 3.63) is 42.0 Å². The lowest BCUT2D eigenvalue weighted by atomic mass is 9.84. The zero-order valence-electron chi connectivity index (χ0n) is 11.3. The van der Waals surface area contributed by atoms with Gasteiger partial charge in [0.1, 0.15) is 5.75 Å². The van der Waals surface area contributed by atoms with Crippen molar-refractivity contribution in [1.29, 1.82) is 0 Å². The SMILES string of the molecule is C=CCC1Cc2cc(C(C)(C)C)ccc2OC1=O. The van der Waals surface area contributed by atoms with Gasteiger partial charge in [-0.2, -0.15) is 0 Å². The van der Waals surface area contributed by atoms with Crippen LogP contribution in [0.3, 0.4) is 0 Å². The summed E-state index contributed by atoms with van der Waals surface area (Å²) in [6.45, 7) is 10.3. The molecule has 2 nitrogen and oxygen atoms in total. The molecule has 2 rings (SSSR count). The molecular weight excluding hydrogens is 224 g/mol. The molecule has 0 saturated carbocycles. The van der Waals surface area contributed by atoms with E-state index in [4.69, 9.17) is 4.74 Å². The second kappa shape index (κ2) is 4.60. The van der Waals surface area contributed by atoms with E-state index in [0.717, 1.165) is 12.0 Å². The topological polar surface area (TPSA) is 26.3 Å². The maximum atomic E-state index is 11.8. The molecule has 2 heteroatoms. The van der Waals surface area contributed by atoms with E-state index >= 15 is 0 Å². The van der Waals surface area contributed by atoms with Crippen LogP contribution in [0.2, 0.25) is 0 Å². The van der Waals surface area contributed by atoms with Crippen LogP contribution in [0.15, 0.2) is 30.9 Å². The van der Waals surface area contributed by atoms with Crippen molar-refractivity contribution in [3.63, 3.8) is 0 Å². The summed E-state index contributed by atoms with van der Waals surface area (Å²) in [4.78, 5) is 11.8. The molecule has 0 aliphatic carbocycles. The fraction of sp³-hybridized carbons (Fsp3) is 0.438. The first-order chi connectivity index (χ1) is 8.41. The van der Waals surface area contributed by atoms with Crippen LogP contribution in [-0.2, 0) is 16.6 Å². The lowest BCUT2D eigenvalue weighted by Gasteiger charge is -2.26. The van der Waals surface area contributed by atoms with Gasteiger partial charge in [-0.15, -0.1) is 6.58 Å². The number of hydrogen-bond acceptors (Lipinski definition) is 2. The van der Waals surface area contributed by atoms with Crippen molar-refractivity contribution in [2.24, 2.45) is 5.92 Å². The number of carbonyl (C=O) groups is 1. The van der Waals surface area contributed by atoms with Crippen molar-refractivity contribution in [2.45, 2.75) is 39.0 Å². The average molecular weight is 244 g/mol. The zero-order chi connectivity index (χ0) is 13.3. The second-order valence-electron chi connectivity index (χ2n) is 5.92. The smallest absolute Gasteiger partial charge is 0.314 e. The Morgan fingerprint density at radius 3 is 2.78 bits per heavy atom. The first-order valence-electron chi connectivity index (χ1n) is 6.38. The normalized spacial score (nSPS) is 19.1. The van der Waals surface area contributed by atoms with Gasteiger partial charge >= 0.3 is 5.97 Å². The molecule has 0 saturated heterocycles. The third kappa shape index (κ3) is 2.47. The van der Waals surface area contributed by atoms with E-state index in [9.17, 15) is 4.79 Å². The number of ether oxygens (including phenoxy) is 1. The summed E-state index contributed by atoms with van der Waals surface area (Å²) in [7, 11) is 0. The number of fused-ring (bicyclic) bond motifs is 1. The van der Waals surface area contributed by atoms with Gasteiger partial charge in [0.05, 0.1) is 5.92 Å². The summed E-state index contributed by atoms with van der Waals surface area (Å²) in [5.74, 6) is 0.504. The van der Waals surface area contributed by atoms with Crippen LogP contribution in [0.25, 0.3) is 0 Å². The molecule has 96 valence electrons. The number of esters is 1. The Kier molecular flexibility index (Phi) is 3.29. The monoisotopic (exact) mass is 244 g/mol. The summed E-state index contributed by atoms with van der Waals surface area (Å²) in [5.41, 5.74) is 2.52. The van der Waals surface area contributed by atoms with E-state index in [0.29, 0.717) is 12.2 Å². The molecule has 1 atom stereocenters. The Labute approximate surface area is 109 Å². The summed E-state index contributed by atoms with van der Waals surface area (Å²) in [6.07, 6.45) is 3.21. The van der Waals surface area contributed by atoms with Crippen LogP contribution in [0.4, 0.5) is 0 Å². The van der Waals surface area contributed by atoms with E-state index in [2.05, 4.69) is 33.4 Å². The Morgan fingerprint density at radius 1 is 1.44 bits per heavy atom. The quantitative estimate of drug-likeness (QED) is 0.451. The van der Waals surface area contributed by atoms with E-state index in [1.165, 1.54) is 5.56 Å². The Bertz CT molecular complexity index is 480. The van der Waals surface area contributed by atoms with Gasteiger partial charge in [0.2, 0.25) is 0 Å². The molecule has 1 heterocycles. The maximum Gasteiger partial charge on any atom is 0.314 e. The van der Waals surface area contributed by atoms with E-state index in [1.54, 1.807) is 6.08 Å². The van der Waals surface area contributed by atoms with Gasteiger partial charge in [-0.05, 0) is 35.4 Å². The van der Waals surface area contributed by atoms with Crippen molar-refractivity contribution >= 4 is 5.97 Å². The molecule has 1 aliphatic rings. The third-order valence-corrected chi connectivity index (χ3v) is 3.39. The van der Waals surface area contributed by atoms with Crippen LogP contribution in [0, 0.1) is 5.92 Å². The lowest BCUT2D eigenvalue weighted by molar-refractivity contribution is -0.140. The van der Waals surface area contributed by atoms with Gasteiger partial charge in [0.15, 0.2) is 0 Å². The minimum atomic E-state index is -0.133. The third-order valence-electron chi connectivity index (χ3n) is 3.39. The molecule has 0 radical (unpaired) electrons. The summed E-state index contributed by atoms with van der Waals surface area (Å²) in [6, 6.07) is 6.12. The van der Waals surface area contributed by atoms with Gasteiger partial charge in [0.25, 0.3) is 0 Å². The number of rotatable bonds is 2. The number of benzene rings is 1. The van der Waals surface area contributed by atoms with Crippen molar-refractivity contribution < 1.29 is 9.53 Å². The van der Waals surface area contributed by atoms with Crippen LogP contribution < -0.4 is 4.74 Å². The minimum Gasteiger partial charge on any atom is -0.426 e. The van der Waals surface area contributed by atoms with Crippen molar-refractivity contribution in [3.8, 4) is 5.75 Å². The van der Waals surface area contributed by atoms with Crippen molar-refractivity contribution in [2.75, 3.05) is 0 Å². The molecule has 0 spiro atoms. The molecule has 0 N–H and O–H groups in total. The van der Waals surface area contributed by atoms with E-state index < -0.39 is 0 Å². The van der Waals surface area contributed by atoms with E-state index in [1.807, 2.05) is 12.1 Å². The highest BCUT2D eigenvalue weighted by atomic mass is 16.5. The molecule has 0 amide bonds. The summed E-state index contributed by atoms with van der Waals surface area (Å²) >= 11 is 0. The van der Waals surface area contributed by atoms with Gasteiger partial charge in [-0.1, -0.05) is 39.0 Å². The number of carbonyl (C=O) groups excluding carboxylic acids is 1. The molecule has 1 aromatic rings. The lowest BCUT2D eigenvalue weighted by Crippen LogP contribution is -2.27. The van der Waals surface area contributed by atoms with Crippen LogP contribution in [0.1, 0.15) is 38.3 Å². The highest BCUT2D eigenvalue weighted by Gasteiger charge is 2.28. The van der Waals surface area contributed by atoms with Gasteiger partial charge in [-0.25, -0.2) is 0 Å². The summed E-state index contributed by atoms with van der Waals surface area (Å²) in [5, 5.41) is 0. The second-order valence-corrected chi connectivity index (χ2v) is 5.92. The largest absolute Gasteiger partial charge is 0.426 e. The van der Waals surface area contributed by atoms with Gasteiger partial charge in [-0.3, -0.25) is 4.79 Å². The van der Waals surface area contributed by atoms with Crippen LogP contribution >= 0.6 is 0 Å². The fourth-order valence-electron chi connectivity index (χ4n) is 2.23. The maximum absolute atomic E-state index is 11.8. The molecule has 1 aromatic carbocycles. The van der Waals surface area contributed by atoms with E-state index in [-0.39, 0.29) is 17.3 Å². The number of allylic oxidation sites excluding steroid dienone is 1. The van der Waals surface area contributed by atoms with Crippen LogP contribution in [0.5, 0.6) is 5.75 Å². The molecule has 0 fully saturated rings. The molecule has 0 aromatic heterocycles. The Balaban J connectivity index is 2.33. The minimum absolute atomic E-state index is 0.0785. The summed E-state index contributed by atoms with van der Waals surface area (Å²) < 4.78 is 5.38. The highest BCUT2D eigenvalue weighted by Crippen LogP contribution is 2.33. The molecule has 1 aliphatic heterocycles. The average Bonchev–Trinajstić information content (AvgIpc) is 2.28. The molecular formula is C16H20O2. The van der Waals surface area contributed by atoms with Crippen LogP contribution in [-0.4, -0.2) is 5.97 Å². The van der Waals surface area contributed by atoms with Gasteiger partial charge in [0, 0.05) is 0 Å². The highest BCUT2D eigenvalue weighted by molar-refractivity contribution is 5.78. The first kappa shape index (κ1) is 12.9. The molecule has 0 bridgehead atoms. The van der Waals surface area contributed by atoms with Crippen molar-refractivity contribution in [1.82, 2.24) is 0 Å². The predicted octanol–water partition coefficient (Wildman–Crippen LogP) is 3.64. The fourth-order valence-corrected chi connectivity index (χ4v) is 2.23. The molecule has 1 unspecified atom stereocenters. The number of hydrogen-bond donors (Lipinski definition) is 0. The Hall–Kier alpha value is -1.57. The zero-order valence-corrected chi connectivity index (χ0v) is 11.3. The van der Waals surface area contributed by atoms with Gasteiger partial charge < -0.3 is 4.74 Å². The Morgan fingerprint density at radius 2 is 2.17 bits per heavy atom.